The number of benzene rings is 1. The molecule has 0 atom stereocenters. The summed E-state index contributed by atoms with van der Waals surface area (Å²) in [7, 11) is 0. The fourth-order valence-electron chi connectivity index (χ4n) is 1.35. The number of carbonyl (C=O) groups is 2. The number of aliphatic carboxylic acids is 1. The van der Waals surface area contributed by atoms with Gasteiger partial charge in [0.15, 0.2) is 0 Å². The van der Waals surface area contributed by atoms with E-state index in [1.165, 1.54) is 4.90 Å². The average Bonchev–Trinajstić information content (AvgIpc) is 2.26. The third-order valence-corrected chi connectivity index (χ3v) is 2.21. The molecule has 0 radical (unpaired) electrons. The third kappa shape index (κ3) is 4.14. The number of carbonyl (C=O) groups excluding carboxylic acids is 1. The Hall–Kier alpha value is -2.04. The highest BCUT2D eigenvalue weighted by atomic mass is 16.4. The lowest BCUT2D eigenvalue weighted by Gasteiger charge is -2.25. The number of hydrogen-bond donors (Lipinski definition) is 2. The van der Waals surface area contributed by atoms with Gasteiger partial charge in [0.25, 0.3) is 0 Å². The average molecular weight is 236 g/mol. The molecule has 0 fully saturated rings. The van der Waals surface area contributed by atoms with Gasteiger partial charge in [0.1, 0.15) is 6.54 Å². The SMILES string of the molecule is CC(C)N(CC(=O)O)C(=O)Nc1ccccc1. The van der Waals surface area contributed by atoms with Gasteiger partial charge in [-0.3, -0.25) is 4.79 Å². The maximum Gasteiger partial charge on any atom is 0.323 e. The van der Waals surface area contributed by atoms with E-state index in [-0.39, 0.29) is 12.6 Å². The molecule has 0 spiro atoms. The summed E-state index contributed by atoms with van der Waals surface area (Å²) in [4.78, 5) is 23.7. The lowest BCUT2D eigenvalue weighted by Crippen LogP contribution is -2.43. The zero-order chi connectivity index (χ0) is 12.8. The van der Waals surface area contributed by atoms with E-state index < -0.39 is 12.0 Å². The number of carboxylic acids is 1. The second-order valence-electron chi connectivity index (χ2n) is 3.91. The van der Waals surface area contributed by atoms with Crippen LogP contribution in [0.5, 0.6) is 0 Å². The van der Waals surface area contributed by atoms with Crippen molar-refractivity contribution in [3.05, 3.63) is 30.3 Å². The number of rotatable bonds is 4. The Kier molecular flexibility index (Phi) is 4.51. The minimum Gasteiger partial charge on any atom is -0.480 e. The molecule has 17 heavy (non-hydrogen) atoms. The molecule has 0 bridgehead atoms. The fraction of sp³-hybridized carbons (Fsp3) is 0.333. The van der Waals surface area contributed by atoms with Crippen LogP contribution in [-0.4, -0.2) is 34.6 Å². The van der Waals surface area contributed by atoms with Crippen LogP contribution in [0.15, 0.2) is 30.3 Å². The molecule has 2 N–H and O–H groups in total. The van der Waals surface area contributed by atoms with Gasteiger partial charge in [0.2, 0.25) is 0 Å². The van der Waals surface area contributed by atoms with Crippen LogP contribution in [0.3, 0.4) is 0 Å². The predicted molar refractivity (Wildman–Crippen MR) is 64.9 cm³/mol. The van der Waals surface area contributed by atoms with Crippen molar-refractivity contribution in [1.82, 2.24) is 4.90 Å². The number of urea groups is 1. The molecule has 1 rings (SSSR count). The van der Waals surface area contributed by atoms with Gasteiger partial charge in [-0.05, 0) is 26.0 Å². The van der Waals surface area contributed by atoms with Crippen LogP contribution < -0.4 is 5.32 Å². The minimum atomic E-state index is -1.03. The molecule has 0 heterocycles. The van der Waals surface area contributed by atoms with Crippen molar-refractivity contribution in [3.63, 3.8) is 0 Å². The first-order valence-corrected chi connectivity index (χ1v) is 5.35. The molecule has 0 saturated heterocycles. The van der Waals surface area contributed by atoms with Crippen LogP contribution >= 0.6 is 0 Å². The van der Waals surface area contributed by atoms with E-state index in [0.29, 0.717) is 5.69 Å². The fourth-order valence-corrected chi connectivity index (χ4v) is 1.35. The molecule has 0 aromatic heterocycles. The summed E-state index contributed by atoms with van der Waals surface area (Å²) in [6, 6.07) is 8.35. The summed E-state index contributed by atoms with van der Waals surface area (Å²) in [5.41, 5.74) is 0.647. The molecule has 1 aromatic rings. The smallest absolute Gasteiger partial charge is 0.323 e. The van der Waals surface area contributed by atoms with E-state index in [4.69, 9.17) is 5.11 Å². The topological polar surface area (TPSA) is 69.6 Å². The molecule has 0 saturated carbocycles. The molecule has 0 aliphatic rings. The first-order valence-electron chi connectivity index (χ1n) is 5.35. The van der Waals surface area contributed by atoms with Gasteiger partial charge in [-0.25, -0.2) is 4.79 Å². The highest BCUT2D eigenvalue weighted by molar-refractivity contribution is 5.91. The molecule has 0 aliphatic carbocycles. The highest BCUT2D eigenvalue weighted by Crippen LogP contribution is 2.08. The van der Waals surface area contributed by atoms with Crippen molar-refractivity contribution >= 4 is 17.7 Å². The van der Waals surface area contributed by atoms with Crippen molar-refractivity contribution in [2.75, 3.05) is 11.9 Å². The van der Waals surface area contributed by atoms with E-state index in [9.17, 15) is 9.59 Å². The summed E-state index contributed by atoms with van der Waals surface area (Å²) in [6.45, 7) is 3.23. The Morgan fingerprint density at radius 1 is 1.29 bits per heavy atom. The van der Waals surface area contributed by atoms with E-state index in [2.05, 4.69) is 5.32 Å². The Morgan fingerprint density at radius 2 is 1.88 bits per heavy atom. The lowest BCUT2D eigenvalue weighted by molar-refractivity contribution is -0.137. The Morgan fingerprint density at radius 3 is 2.35 bits per heavy atom. The summed E-state index contributed by atoms with van der Waals surface area (Å²) in [5, 5.41) is 11.4. The first kappa shape index (κ1) is 13.0. The van der Waals surface area contributed by atoms with Crippen LogP contribution in [0.2, 0.25) is 0 Å². The van der Waals surface area contributed by atoms with E-state index in [1.54, 1.807) is 38.1 Å². The molecule has 0 aliphatic heterocycles. The van der Waals surface area contributed by atoms with Gasteiger partial charge in [0, 0.05) is 11.7 Å². The van der Waals surface area contributed by atoms with Crippen molar-refractivity contribution in [3.8, 4) is 0 Å². The predicted octanol–water partition coefficient (Wildman–Crippen LogP) is 2.01. The summed E-state index contributed by atoms with van der Waals surface area (Å²) >= 11 is 0. The van der Waals surface area contributed by atoms with Crippen LogP contribution in [0, 0.1) is 0 Å². The second kappa shape index (κ2) is 5.89. The third-order valence-electron chi connectivity index (χ3n) is 2.21. The monoisotopic (exact) mass is 236 g/mol. The number of amides is 2. The first-order chi connectivity index (χ1) is 8.00. The number of anilines is 1. The quantitative estimate of drug-likeness (QED) is 0.840. The number of para-hydroxylation sites is 1. The number of nitrogens with one attached hydrogen (secondary N) is 1. The van der Waals surface area contributed by atoms with Gasteiger partial charge in [0.05, 0.1) is 0 Å². The van der Waals surface area contributed by atoms with E-state index in [0.717, 1.165) is 0 Å². The number of carboxylic acid groups (broad SMARTS) is 1. The van der Waals surface area contributed by atoms with Crippen molar-refractivity contribution in [1.29, 1.82) is 0 Å². The van der Waals surface area contributed by atoms with Gasteiger partial charge in [-0.1, -0.05) is 18.2 Å². The van der Waals surface area contributed by atoms with Crippen LogP contribution in [0.1, 0.15) is 13.8 Å². The largest absolute Gasteiger partial charge is 0.480 e. The van der Waals surface area contributed by atoms with Crippen LogP contribution in [0.25, 0.3) is 0 Å². The highest BCUT2D eigenvalue weighted by Gasteiger charge is 2.19. The Labute approximate surface area is 100 Å². The molecule has 5 heteroatoms. The van der Waals surface area contributed by atoms with Gasteiger partial charge in [-0.15, -0.1) is 0 Å². The normalized spacial score (nSPS) is 10.1. The van der Waals surface area contributed by atoms with Gasteiger partial charge < -0.3 is 15.3 Å². The molecule has 0 unspecified atom stereocenters. The van der Waals surface area contributed by atoms with Gasteiger partial charge >= 0.3 is 12.0 Å². The minimum absolute atomic E-state index is 0.171. The van der Waals surface area contributed by atoms with Crippen molar-refractivity contribution < 1.29 is 14.7 Å². The molecule has 1 aromatic carbocycles. The zero-order valence-electron chi connectivity index (χ0n) is 9.88. The molecular weight excluding hydrogens is 220 g/mol. The van der Waals surface area contributed by atoms with Crippen LogP contribution in [-0.2, 0) is 4.79 Å². The van der Waals surface area contributed by atoms with Crippen molar-refractivity contribution in [2.24, 2.45) is 0 Å². The number of hydrogen-bond acceptors (Lipinski definition) is 2. The zero-order valence-corrected chi connectivity index (χ0v) is 9.88. The summed E-state index contributed by atoms with van der Waals surface area (Å²) < 4.78 is 0. The van der Waals surface area contributed by atoms with Crippen LogP contribution in [0.4, 0.5) is 10.5 Å². The Bertz CT molecular complexity index is 390. The van der Waals surface area contributed by atoms with E-state index >= 15 is 0 Å². The van der Waals surface area contributed by atoms with E-state index in [1.807, 2.05) is 6.07 Å². The Balaban J connectivity index is 2.69. The molecule has 2 amide bonds. The molecular formula is C12H16N2O3. The maximum absolute atomic E-state index is 11.8. The molecule has 5 nitrogen and oxygen atoms in total. The second-order valence-corrected chi connectivity index (χ2v) is 3.91. The lowest BCUT2D eigenvalue weighted by atomic mass is 10.3. The van der Waals surface area contributed by atoms with Gasteiger partial charge in [-0.2, -0.15) is 0 Å². The number of nitrogens with zero attached hydrogens (tertiary/aromatic N) is 1. The maximum atomic E-state index is 11.8. The van der Waals surface area contributed by atoms with Crippen molar-refractivity contribution in [2.45, 2.75) is 19.9 Å². The summed E-state index contributed by atoms with van der Waals surface area (Å²) in [6.07, 6.45) is 0. The standard InChI is InChI=1S/C12H16N2O3/c1-9(2)14(8-11(15)16)12(17)13-10-6-4-3-5-7-10/h3-7,9H,8H2,1-2H3,(H,13,17)(H,15,16). The molecule has 92 valence electrons. The summed E-state index contributed by atoms with van der Waals surface area (Å²) in [5.74, 6) is -1.03.